The molecule has 0 heterocycles. The molecule has 0 aliphatic heterocycles. The molecule has 0 saturated heterocycles. The van der Waals surface area contributed by atoms with Crippen molar-refractivity contribution in [2.24, 2.45) is 0 Å². The maximum Gasteiger partial charge on any atom is 0.573 e. The summed E-state index contributed by atoms with van der Waals surface area (Å²) in [6, 6.07) is 2.48. The summed E-state index contributed by atoms with van der Waals surface area (Å²) in [7, 11) is 1.09. The van der Waals surface area contributed by atoms with E-state index in [0.29, 0.717) is 6.07 Å². The van der Waals surface area contributed by atoms with E-state index in [-0.39, 0.29) is 5.56 Å². The van der Waals surface area contributed by atoms with Crippen LogP contribution in [0.5, 0.6) is 5.75 Å². The summed E-state index contributed by atoms with van der Waals surface area (Å²) in [5.41, 5.74) is -0.624. The van der Waals surface area contributed by atoms with E-state index < -0.39 is 35.1 Å². The number of hydrogen-bond acceptors (Lipinski definition) is 5. The Kier molecular flexibility index (Phi) is 4.30. The lowest BCUT2D eigenvalue weighted by Gasteiger charge is -2.10. The van der Waals surface area contributed by atoms with E-state index in [0.717, 1.165) is 19.2 Å². The van der Waals surface area contributed by atoms with Gasteiger partial charge in [-0.3, -0.25) is 14.9 Å². The number of carbonyl (C=O) groups excluding carboxylic acids is 1. The number of benzene rings is 1. The molecule has 0 radical (unpaired) electrons. The van der Waals surface area contributed by atoms with Gasteiger partial charge < -0.3 is 9.47 Å². The van der Waals surface area contributed by atoms with Crippen LogP contribution in [0.15, 0.2) is 18.2 Å². The highest BCUT2D eigenvalue weighted by molar-refractivity contribution is 5.73. The number of carbonyl (C=O) groups is 1. The van der Waals surface area contributed by atoms with Crippen LogP contribution in [0.2, 0.25) is 0 Å². The molecule has 0 aliphatic rings. The first kappa shape index (κ1) is 14.7. The van der Waals surface area contributed by atoms with Gasteiger partial charge in [0.1, 0.15) is 5.75 Å². The van der Waals surface area contributed by atoms with E-state index in [2.05, 4.69) is 9.47 Å². The third-order valence-electron chi connectivity index (χ3n) is 1.97. The van der Waals surface area contributed by atoms with Crippen LogP contribution in [-0.4, -0.2) is 24.4 Å². The summed E-state index contributed by atoms with van der Waals surface area (Å²) < 4.78 is 44.1. The van der Waals surface area contributed by atoms with Gasteiger partial charge in [0.15, 0.2) is 0 Å². The van der Waals surface area contributed by atoms with E-state index >= 15 is 0 Å². The molecule has 1 aromatic carbocycles. The van der Waals surface area contributed by atoms with Gasteiger partial charge in [0, 0.05) is 6.07 Å². The first-order valence-corrected chi connectivity index (χ1v) is 4.82. The number of nitro groups is 1. The van der Waals surface area contributed by atoms with Crippen LogP contribution in [0, 0.1) is 10.1 Å². The number of esters is 1. The van der Waals surface area contributed by atoms with Crippen LogP contribution in [-0.2, 0) is 16.0 Å². The molecule has 9 heteroatoms. The van der Waals surface area contributed by atoms with Gasteiger partial charge in [0.2, 0.25) is 0 Å². The Bertz CT molecular complexity index is 500. The molecule has 1 aromatic rings. The van der Waals surface area contributed by atoms with Gasteiger partial charge >= 0.3 is 12.3 Å². The minimum Gasteiger partial charge on any atom is -0.469 e. The van der Waals surface area contributed by atoms with E-state index in [4.69, 9.17) is 0 Å². The number of rotatable bonds is 4. The molecule has 0 spiro atoms. The SMILES string of the molecule is COC(=O)Cc1cc(OC(F)(F)F)cc([N+](=O)[O-])c1. The standard InChI is InChI=1S/C10H8F3NO5/c1-18-9(15)4-6-2-7(14(16)17)5-8(3-6)19-10(11,12)13/h2-3,5H,4H2,1H3. The van der Waals surface area contributed by atoms with Gasteiger partial charge in [-0.1, -0.05) is 0 Å². The van der Waals surface area contributed by atoms with Crippen molar-refractivity contribution in [3.8, 4) is 5.75 Å². The number of halogens is 3. The zero-order chi connectivity index (χ0) is 14.6. The van der Waals surface area contributed by atoms with Crippen molar-refractivity contribution < 1.29 is 32.4 Å². The van der Waals surface area contributed by atoms with Crippen molar-refractivity contribution in [1.82, 2.24) is 0 Å². The monoisotopic (exact) mass is 279 g/mol. The van der Waals surface area contributed by atoms with E-state index in [1.165, 1.54) is 0 Å². The smallest absolute Gasteiger partial charge is 0.469 e. The number of ether oxygens (including phenoxy) is 2. The van der Waals surface area contributed by atoms with Crippen LogP contribution >= 0.6 is 0 Å². The topological polar surface area (TPSA) is 78.7 Å². The maximum atomic E-state index is 12.1. The van der Waals surface area contributed by atoms with Gasteiger partial charge in [-0.15, -0.1) is 13.2 Å². The van der Waals surface area contributed by atoms with Crippen molar-refractivity contribution in [3.05, 3.63) is 33.9 Å². The Hall–Kier alpha value is -2.32. The second-order valence-corrected chi connectivity index (χ2v) is 3.39. The molecule has 0 fully saturated rings. The highest BCUT2D eigenvalue weighted by atomic mass is 19.4. The number of nitrogens with zero attached hydrogens (tertiary/aromatic N) is 1. The fraction of sp³-hybridized carbons (Fsp3) is 0.300. The number of hydrogen-bond donors (Lipinski definition) is 0. The van der Waals surface area contributed by atoms with Crippen LogP contribution in [0.4, 0.5) is 18.9 Å². The highest BCUT2D eigenvalue weighted by Gasteiger charge is 2.32. The fourth-order valence-corrected chi connectivity index (χ4v) is 1.28. The molecule has 0 aromatic heterocycles. The Morgan fingerprint density at radius 3 is 2.47 bits per heavy atom. The summed E-state index contributed by atoms with van der Waals surface area (Å²) in [6.45, 7) is 0. The Labute approximate surface area is 104 Å². The van der Waals surface area contributed by atoms with Crippen LogP contribution in [0.1, 0.15) is 5.56 Å². The van der Waals surface area contributed by atoms with Crippen LogP contribution in [0.25, 0.3) is 0 Å². The molecule has 0 aliphatic carbocycles. The summed E-state index contributed by atoms with van der Waals surface area (Å²) in [6.07, 6.45) is -5.37. The second-order valence-electron chi connectivity index (χ2n) is 3.39. The average Bonchev–Trinajstić information content (AvgIpc) is 2.25. The molecule has 0 atom stereocenters. The lowest BCUT2D eigenvalue weighted by Crippen LogP contribution is -2.17. The van der Waals surface area contributed by atoms with Crippen LogP contribution in [0.3, 0.4) is 0 Å². The lowest BCUT2D eigenvalue weighted by molar-refractivity contribution is -0.385. The quantitative estimate of drug-likeness (QED) is 0.479. The predicted octanol–water partition coefficient (Wildman–Crippen LogP) is 2.21. The second kappa shape index (κ2) is 5.55. The number of alkyl halides is 3. The van der Waals surface area contributed by atoms with Crippen molar-refractivity contribution in [2.45, 2.75) is 12.8 Å². The zero-order valence-corrected chi connectivity index (χ0v) is 9.56. The fourth-order valence-electron chi connectivity index (χ4n) is 1.28. The molecule has 19 heavy (non-hydrogen) atoms. The van der Waals surface area contributed by atoms with Crippen molar-refractivity contribution in [2.75, 3.05) is 7.11 Å². The molecule has 6 nitrogen and oxygen atoms in total. The Balaban J connectivity index is 3.10. The molecular formula is C10H8F3NO5. The summed E-state index contributed by atoms with van der Waals surface area (Å²) >= 11 is 0. The molecule has 1 rings (SSSR count). The van der Waals surface area contributed by atoms with E-state index in [9.17, 15) is 28.1 Å². The molecule has 0 N–H and O–H groups in total. The summed E-state index contributed by atoms with van der Waals surface area (Å²) in [5.74, 6) is -1.50. The largest absolute Gasteiger partial charge is 0.573 e. The normalized spacial score (nSPS) is 10.9. The predicted molar refractivity (Wildman–Crippen MR) is 55.5 cm³/mol. The van der Waals surface area contributed by atoms with Crippen LogP contribution < -0.4 is 4.74 Å². The van der Waals surface area contributed by atoms with Gasteiger partial charge in [-0.2, -0.15) is 0 Å². The molecular weight excluding hydrogens is 271 g/mol. The van der Waals surface area contributed by atoms with Crippen molar-refractivity contribution in [1.29, 1.82) is 0 Å². The first-order chi connectivity index (χ1) is 8.71. The van der Waals surface area contributed by atoms with Gasteiger partial charge in [-0.25, -0.2) is 0 Å². The Morgan fingerprint density at radius 2 is 2.00 bits per heavy atom. The molecule has 0 bridgehead atoms. The molecule has 0 amide bonds. The van der Waals surface area contributed by atoms with Crippen molar-refractivity contribution >= 4 is 11.7 Å². The number of non-ortho nitro benzene ring substituents is 1. The van der Waals surface area contributed by atoms with E-state index in [1.54, 1.807) is 0 Å². The minimum absolute atomic E-state index is 0.0136. The average molecular weight is 279 g/mol. The van der Waals surface area contributed by atoms with Gasteiger partial charge in [0.05, 0.1) is 24.5 Å². The van der Waals surface area contributed by atoms with E-state index in [1.807, 2.05) is 0 Å². The summed E-state index contributed by atoms with van der Waals surface area (Å²) in [4.78, 5) is 20.7. The first-order valence-electron chi connectivity index (χ1n) is 4.82. The lowest BCUT2D eigenvalue weighted by atomic mass is 10.1. The van der Waals surface area contributed by atoms with Gasteiger partial charge in [0.25, 0.3) is 5.69 Å². The number of nitro benzene ring substituents is 1. The zero-order valence-electron chi connectivity index (χ0n) is 9.56. The van der Waals surface area contributed by atoms with Crippen molar-refractivity contribution in [3.63, 3.8) is 0 Å². The highest BCUT2D eigenvalue weighted by Crippen LogP contribution is 2.28. The summed E-state index contributed by atoms with van der Waals surface area (Å²) in [5, 5.41) is 10.6. The molecule has 0 saturated carbocycles. The third-order valence-corrected chi connectivity index (χ3v) is 1.97. The minimum atomic E-state index is -4.97. The third kappa shape index (κ3) is 4.82. The Morgan fingerprint density at radius 1 is 1.37 bits per heavy atom. The van der Waals surface area contributed by atoms with Gasteiger partial charge in [-0.05, 0) is 11.6 Å². The maximum absolute atomic E-state index is 12.1. The number of methoxy groups -OCH3 is 1. The molecule has 0 unspecified atom stereocenters. The molecule has 104 valence electrons.